The van der Waals surface area contributed by atoms with E-state index in [4.69, 9.17) is 60.1 Å². The van der Waals surface area contributed by atoms with Crippen LogP contribution in [0.3, 0.4) is 0 Å². The van der Waals surface area contributed by atoms with Crippen molar-refractivity contribution in [3.05, 3.63) is 0 Å². The molecule has 0 radical (unpaired) electrons. The van der Waals surface area contributed by atoms with Gasteiger partial charge >= 0.3 is 78.2 Å². The van der Waals surface area contributed by atoms with E-state index >= 15 is 0 Å². The molecule has 0 aromatic carbocycles. The Labute approximate surface area is 528 Å². The molecule has 0 bridgehead atoms. The summed E-state index contributed by atoms with van der Waals surface area (Å²) in [4.78, 5) is 101. The average Bonchev–Trinajstić information content (AvgIpc) is 3.49. The Hall–Kier alpha value is -3.18. The van der Waals surface area contributed by atoms with Gasteiger partial charge in [0.15, 0.2) is 6.07 Å². The van der Waals surface area contributed by atoms with E-state index in [0.717, 1.165) is 0 Å². The first-order chi connectivity index (χ1) is 39.1. The van der Waals surface area contributed by atoms with Crippen molar-refractivity contribution < 1.29 is 145 Å². The minimum absolute atomic E-state index is 0.0594. The number of hydrogen-bond donors (Lipinski definition) is 1. The van der Waals surface area contributed by atoms with E-state index in [1.54, 1.807) is 166 Å². The zero-order valence-electron chi connectivity index (χ0n) is 55.9. The lowest BCUT2D eigenvalue weighted by molar-refractivity contribution is -0.168. The van der Waals surface area contributed by atoms with Crippen molar-refractivity contribution >= 4 is 101 Å². The van der Waals surface area contributed by atoms with Gasteiger partial charge in [-0.05, 0) is 166 Å². The maximum atomic E-state index is 12.7. The van der Waals surface area contributed by atoms with Crippen molar-refractivity contribution in [3.8, 4) is 0 Å². The van der Waals surface area contributed by atoms with Crippen LogP contribution in [0.1, 0.15) is 166 Å². The van der Waals surface area contributed by atoms with Crippen molar-refractivity contribution in [2.45, 2.75) is 166 Å². The first-order valence-electron chi connectivity index (χ1n) is 26.0. The van der Waals surface area contributed by atoms with Crippen molar-refractivity contribution in [1.29, 1.82) is 0 Å². The van der Waals surface area contributed by atoms with E-state index in [-0.39, 0.29) is 12.0 Å². The molecule has 0 aliphatic rings. The van der Waals surface area contributed by atoms with Gasteiger partial charge in [-0.2, -0.15) is 0 Å². The summed E-state index contributed by atoms with van der Waals surface area (Å²) in [7, 11) is -8.23. The third-order valence-corrected chi connectivity index (χ3v) is 13.6. The average molecular weight is 1400 g/mol. The van der Waals surface area contributed by atoms with Crippen LogP contribution in [0, 0.1) is 43.3 Å². The zero-order valence-corrected chi connectivity index (χ0v) is 61.0. The molecule has 0 aliphatic heterocycles. The Morgan fingerprint density at radius 1 is 0.295 bits per heavy atom. The number of phosphoric acid groups is 3. The van der Waals surface area contributed by atoms with Gasteiger partial charge in [0.1, 0.15) is 0 Å². The van der Waals surface area contributed by atoms with Gasteiger partial charge in [-0.15, -0.1) is 0 Å². The zero-order chi connectivity index (χ0) is 71.0. The van der Waals surface area contributed by atoms with E-state index in [9.17, 15) is 61.5 Å². The fourth-order valence-electron chi connectivity index (χ4n) is 3.20. The molecule has 37 heteroatoms. The largest absolute Gasteiger partial charge is 0.483 e. The highest BCUT2D eigenvalue weighted by Gasteiger charge is 2.35. The Bertz CT molecular complexity index is 2100. The van der Waals surface area contributed by atoms with Crippen molar-refractivity contribution in [2.75, 3.05) is 74.9 Å². The Balaban J connectivity index is -0.000000349. The minimum Gasteiger partial charge on any atom is -0.449 e. The molecular weight excluding hydrogens is 1300 g/mol. The van der Waals surface area contributed by atoms with Crippen molar-refractivity contribution in [3.63, 3.8) is 0 Å². The Morgan fingerprint density at radius 3 is 0.591 bits per heavy atom. The predicted octanol–water partition coefficient (Wildman–Crippen LogP) is 12.3. The van der Waals surface area contributed by atoms with E-state index < -0.39 is 163 Å². The fourth-order valence-corrected chi connectivity index (χ4v) is 5.64. The number of carbonyl (C=O) groups is 8. The molecule has 1 N–H and O–H groups in total. The number of hydrogen-bond acceptors (Lipinski definition) is 30. The van der Waals surface area contributed by atoms with Gasteiger partial charge in [-0.1, -0.05) is 11.6 Å². The second-order valence-corrected chi connectivity index (χ2v) is 33.6. The van der Waals surface area contributed by atoms with Crippen LogP contribution < -0.4 is 0 Å². The molecule has 0 saturated heterocycles. The Kier molecular flexibility index (Phi) is 43.3. The van der Waals surface area contributed by atoms with Crippen LogP contribution in [0.25, 0.3) is 0 Å². The molecule has 0 amide bonds. The summed E-state index contributed by atoms with van der Waals surface area (Å²) in [6.07, 6.45) is 0. The summed E-state index contributed by atoms with van der Waals surface area (Å²) in [5.74, 6) is -4.37. The normalized spacial score (nSPS) is 12.7. The van der Waals surface area contributed by atoms with Gasteiger partial charge in [0.2, 0.25) is 47.6 Å². The third kappa shape index (κ3) is 49.5. The highest BCUT2D eigenvalue weighted by Crippen LogP contribution is 2.54. The molecule has 88 heavy (non-hydrogen) atoms. The fraction of sp³-hybridized carbons (Fsp3) is 0.843. The van der Waals surface area contributed by atoms with Crippen LogP contribution in [-0.2, 0) is 140 Å². The summed E-state index contributed by atoms with van der Waals surface area (Å²) < 4.78 is 130. The van der Waals surface area contributed by atoms with E-state index in [2.05, 4.69) is 45.9 Å². The third-order valence-electron chi connectivity index (χ3n) is 8.56. The topological polar surface area (TPSA) is 391 Å². The molecule has 0 spiro atoms. The SMILES string of the molecule is CC(C)(C)C(=O)OCCl.CC(C)(C)C(=O)OCOP(=O)(Cl)OCOC(=O)C(C)(C)C.CC(C)(C)C(=O)OCOP(=O)(O)OCOC(=O)C(C)(C)C.CC(C)(C)C(=O)OCOP(=O)(OCOC(=O)C(C)(C)C)OCOC(=O)C(C)(C)C.COP(=O)(OC)OC. The van der Waals surface area contributed by atoms with E-state index in [0.29, 0.717) is 0 Å². The minimum atomic E-state index is -4.46. The number of phosphoric ester groups is 3. The smallest absolute Gasteiger partial charge is 0.449 e. The second-order valence-electron chi connectivity index (χ2n) is 25.6. The quantitative estimate of drug-likeness (QED) is 0.0292. The molecule has 0 rings (SSSR count). The van der Waals surface area contributed by atoms with Gasteiger partial charge in [-0.25, -0.2) is 40.9 Å². The molecule has 31 nitrogen and oxygen atoms in total. The number of esters is 8. The predicted molar refractivity (Wildman–Crippen MR) is 316 cm³/mol. The molecule has 0 aliphatic carbocycles. The molecule has 0 heterocycles. The van der Waals surface area contributed by atoms with Crippen molar-refractivity contribution in [2.24, 2.45) is 43.3 Å². The summed E-state index contributed by atoms with van der Waals surface area (Å²) in [5, 5.41) is 0. The summed E-state index contributed by atoms with van der Waals surface area (Å²) in [6.45, 7) is 30.7. The molecular formula is C51H98Cl2O31P4. The molecule has 0 unspecified atom stereocenters. The Morgan fingerprint density at radius 2 is 0.455 bits per heavy atom. The van der Waals surface area contributed by atoms with E-state index in [1.165, 1.54) is 21.3 Å². The lowest BCUT2D eigenvalue weighted by Crippen LogP contribution is -2.25. The molecule has 0 aromatic heterocycles. The molecule has 0 aromatic rings. The number of ether oxygens (including phenoxy) is 8. The van der Waals surface area contributed by atoms with Crippen LogP contribution >= 0.6 is 53.3 Å². The maximum absolute atomic E-state index is 12.7. The van der Waals surface area contributed by atoms with Crippen LogP contribution in [-0.4, -0.2) is 128 Å². The summed E-state index contributed by atoms with van der Waals surface area (Å²) in [5.41, 5.74) is -5.81. The lowest BCUT2D eigenvalue weighted by atomic mass is 9.98. The summed E-state index contributed by atoms with van der Waals surface area (Å²) >= 11 is 10.6. The number of carbonyl (C=O) groups excluding carboxylic acids is 8. The van der Waals surface area contributed by atoms with Crippen LogP contribution in [0.5, 0.6) is 0 Å². The summed E-state index contributed by atoms with van der Waals surface area (Å²) in [6, 6.07) is -0.0594. The van der Waals surface area contributed by atoms with Gasteiger partial charge in [0.25, 0.3) is 0 Å². The standard InChI is InChI=1S/C18H33O10P.C12H22ClO7P.C12H23O8P.C6H11ClO2.C3H9O4P/c1-16(2,3)13(19)23-10-26-29(22,27-11-24-14(20)17(4,5)6)28-12-25-15(21)18(7,8)9;1-11(2,3)9(14)17-7-19-21(13,16)20-8-18-10(15)12(4,5)6;1-11(2,3)9(13)17-7-19-21(15,16)20-8-18-10(14)12(4,5)6;1-6(2,3)5(8)9-4-7;1-5-8(4,6-2)7-3/h10-12H2,1-9H3;7-8H2,1-6H3;7-8H2,1-6H3,(H,15,16);4H2,1-3H3;1-3H3. The number of halogens is 2. The molecule has 0 atom stereocenters. The molecule has 522 valence electrons. The highest BCUT2D eigenvalue weighted by atomic mass is 35.7. The maximum Gasteiger partial charge on any atom is 0.483 e. The number of rotatable bonds is 25. The second kappa shape index (κ2) is 40.7. The monoisotopic (exact) mass is 1400 g/mol. The number of alkyl halides is 1. The molecule has 0 saturated carbocycles. The van der Waals surface area contributed by atoms with Gasteiger partial charge in [0.05, 0.1) is 43.3 Å². The molecule has 0 fully saturated rings. The van der Waals surface area contributed by atoms with Gasteiger partial charge in [0, 0.05) is 32.6 Å². The van der Waals surface area contributed by atoms with Gasteiger partial charge < -0.3 is 42.8 Å². The van der Waals surface area contributed by atoms with Crippen LogP contribution in [0.4, 0.5) is 0 Å². The van der Waals surface area contributed by atoms with Crippen molar-refractivity contribution in [1.82, 2.24) is 0 Å². The highest BCUT2D eigenvalue weighted by molar-refractivity contribution is 7.81. The van der Waals surface area contributed by atoms with Gasteiger partial charge in [-0.3, -0.25) is 61.0 Å². The lowest BCUT2D eigenvalue weighted by Gasteiger charge is -2.22. The van der Waals surface area contributed by atoms with Crippen LogP contribution in [0.2, 0.25) is 0 Å². The van der Waals surface area contributed by atoms with Crippen LogP contribution in [0.15, 0.2) is 0 Å². The first kappa shape index (κ1) is 93.5. The first-order valence-corrected chi connectivity index (χ1v) is 33.4. The van der Waals surface area contributed by atoms with E-state index in [1.807, 2.05) is 0 Å².